The molecule has 0 saturated carbocycles. The maximum Gasteiger partial charge on any atom is 0.166 e. The molecule has 0 unspecified atom stereocenters. The number of aryl methyl sites for hydroxylation is 1. The molecule has 0 N–H and O–H groups in total. The molecule has 1 aromatic rings. The van der Waals surface area contributed by atoms with Gasteiger partial charge in [0.05, 0.1) is 12.7 Å². The zero-order valence-electron chi connectivity index (χ0n) is 11.2. The fraction of sp³-hybridized carbons (Fsp3) is 0.533. The van der Waals surface area contributed by atoms with E-state index in [2.05, 4.69) is 13.8 Å². The van der Waals surface area contributed by atoms with Crippen LogP contribution in [0, 0.1) is 12.8 Å². The van der Waals surface area contributed by atoms with Crippen LogP contribution in [0.2, 0.25) is 0 Å². The van der Waals surface area contributed by atoms with Gasteiger partial charge in [0.25, 0.3) is 0 Å². The summed E-state index contributed by atoms with van der Waals surface area (Å²) in [6.07, 6.45) is 2.66. The van der Waals surface area contributed by atoms with Crippen molar-refractivity contribution in [2.24, 2.45) is 5.92 Å². The van der Waals surface area contributed by atoms with Crippen LogP contribution in [0.5, 0.6) is 5.75 Å². The summed E-state index contributed by atoms with van der Waals surface area (Å²) in [5.41, 5.74) is 1.73. The second-order valence-electron chi connectivity index (χ2n) is 4.86. The van der Waals surface area contributed by atoms with E-state index < -0.39 is 0 Å². The van der Waals surface area contributed by atoms with Crippen molar-refractivity contribution in [3.05, 3.63) is 29.3 Å². The fourth-order valence-corrected chi connectivity index (χ4v) is 1.95. The average Bonchev–Trinajstić information content (AvgIpc) is 2.28. The molecule has 94 valence electrons. The molecule has 0 heterocycles. The second kappa shape index (κ2) is 6.43. The predicted octanol–water partition coefficient (Wildman–Crippen LogP) is 4.01. The van der Waals surface area contributed by atoms with Gasteiger partial charge in [0, 0.05) is 6.42 Å². The number of carbonyl (C=O) groups excluding carboxylic acids is 1. The monoisotopic (exact) mass is 234 g/mol. The van der Waals surface area contributed by atoms with Crippen LogP contribution in [0.4, 0.5) is 0 Å². The van der Waals surface area contributed by atoms with Gasteiger partial charge in [-0.25, -0.2) is 0 Å². The first-order chi connectivity index (χ1) is 8.06. The van der Waals surface area contributed by atoms with Crippen LogP contribution in [-0.4, -0.2) is 12.9 Å². The molecular weight excluding hydrogens is 212 g/mol. The van der Waals surface area contributed by atoms with E-state index in [0.717, 1.165) is 29.7 Å². The number of Topliss-reactive ketones (excluding diaryl/α,β-unsaturated/α-hetero) is 1. The Hall–Kier alpha value is -1.31. The molecule has 0 aliphatic carbocycles. The fourth-order valence-electron chi connectivity index (χ4n) is 1.95. The molecule has 0 aromatic heterocycles. The molecule has 0 fully saturated rings. The van der Waals surface area contributed by atoms with Gasteiger partial charge in [-0.05, 0) is 30.9 Å². The van der Waals surface area contributed by atoms with Crippen LogP contribution in [0.3, 0.4) is 0 Å². The minimum atomic E-state index is 0.186. The van der Waals surface area contributed by atoms with Gasteiger partial charge in [0.15, 0.2) is 5.78 Å². The number of ether oxygens (including phenoxy) is 1. The SMILES string of the molecule is COc1c(C)cccc1C(=O)CCCC(C)C. The van der Waals surface area contributed by atoms with E-state index in [1.54, 1.807) is 7.11 Å². The van der Waals surface area contributed by atoms with E-state index in [0.29, 0.717) is 12.3 Å². The molecule has 0 aliphatic heterocycles. The van der Waals surface area contributed by atoms with Gasteiger partial charge in [0.2, 0.25) is 0 Å². The van der Waals surface area contributed by atoms with E-state index in [1.165, 1.54) is 0 Å². The molecular formula is C15H22O2. The third kappa shape index (κ3) is 3.88. The first-order valence-corrected chi connectivity index (χ1v) is 6.23. The standard InChI is InChI=1S/C15H22O2/c1-11(2)7-5-10-14(16)13-9-6-8-12(3)15(13)17-4/h6,8-9,11H,5,7,10H2,1-4H3. The lowest BCUT2D eigenvalue weighted by Gasteiger charge is -2.10. The van der Waals surface area contributed by atoms with Crippen molar-refractivity contribution in [2.45, 2.75) is 40.0 Å². The lowest BCUT2D eigenvalue weighted by Crippen LogP contribution is -2.04. The summed E-state index contributed by atoms with van der Waals surface area (Å²) in [7, 11) is 1.62. The van der Waals surface area contributed by atoms with Crippen LogP contribution in [0.1, 0.15) is 49.0 Å². The van der Waals surface area contributed by atoms with Gasteiger partial charge in [-0.3, -0.25) is 4.79 Å². The highest BCUT2D eigenvalue weighted by molar-refractivity contribution is 5.99. The normalized spacial score (nSPS) is 10.6. The largest absolute Gasteiger partial charge is 0.496 e. The Bertz CT molecular complexity index is 381. The third-order valence-corrected chi connectivity index (χ3v) is 2.90. The first kappa shape index (κ1) is 13.8. The van der Waals surface area contributed by atoms with Gasteiger partial charge in [-0.1, -0.05) is 32.4 Å². The Labute approximate surface area is 104 Å². The van der Waals surface area contributed by atoms with Crippen molar-refractivity contribution in [1.82, 2.24) is 0 Å². The highest BCUT2D eigenvalue weighted by Crippen LogP contribution is 2.24. The summed E-state index contributed by atoms with van der Waals surface area (Å²) < 4.78 is 5.30. The van der Waals surface area contributed by atoms with Crippen LogP contribution in [0.25, 0.3) is 0 Å². The number of ketones is 1. The number of carbonyl (C=O) groups is 1. The van der Waals surface area contributed by atoms with Crippen molar-refractivity contribution >= 4 is 5.78 Å². The van der Waals surface area contributed by atoms with Crippen LogP contribution < -0.4 is 4.74 Å². The van der Waals surface area contributed by atoms with E-state index >= 15 is 0 Å². The number of rotatable bonds is 6. The van der Waals surface area contributed by atoms with E-state index in [-0.39, 0.29) is 5.78 Å². The maximum absolute atomic E-state index is 12.1. The molecule has 0 aliphatic rings. The minimum absolute atomic E-state index is 0.186. The quantitative estimate of drug-likeness (QED) is 0.695. The highest BCUT2D eigenvalue weighted by Gasteiger charge is 2.13. The number of hydrogen-bond donors (Lipinski definition) is 0. The van der Waals surface area contributed by atoms with Crippen molar-refractivity contribution in [3.8, 4) is 5.75 Å². The molecule has 0 atom stereocenters. The topological polar surface area (TPSA) is 26.3 Å². The zero-order chi connectivity index (χ0) is 12.8. The summed E-state index contributed by atoms with van der Waals surface area (Å²) >= 11 is 0. The summed E-state index contributed by atoms with van der Waals surface area (Å²) in [6, 6.07) is 5.72. The molecule has 1 rings (SSSR count). The van der Waals surface area contributed by atoms with Crippen molar-refractivity contribution < 1.29 is 9.53 Å². The van der Waals surface area contributed by atoms with E-state index in [9.17, 15) is 4.79 Å². The number of para-hydroxylation sites is 1. The molecule has 0 bridgehead atoms. The average molecular weight is 234 g/mol. The number of benzene rings is 1. The Morgan fingerprint density at radius 2 is 2.06 bits per heavy atom. The molecule has 0 amide bonds. The Balaban J connectivity index is 2.72. The van der Waals surface area contributed by atoms with Gasteiger partial charge in [-0.2, -0.15) is 0 Å². The van der Waals surface area contributed by atoms with Crippen molar-refractivity contribution in [3.63, 3.8) is 0 Å². The Morgan fingerprint density at radius 3 is 2.65 bits per heavy atom. The molecule has 0 spiro atoms. The first-order valence-electron chi connectivity index (χ1n) is 6.23. The maximum atomic E-state index is 12.1. The van der Waals surface area contributed by atoms with Gasteiger partial charge < -0.3 is 4.74 Å². The van der Waals surface area contributed by atoms with Gasteiger partial charge >= 0.3 is 0 Å². The third-order valence-electron chi connectivity index (χ3n) is 2.90. The molecule has 2 heteroatoms. The Kier molecular flexibility index (Phi) is 5.20. The van der Waals surface area contributed by atoms with E-state index in [1.807, 2.05) is 25.1 Å². The van der Waals surface area contributed by atoms with Crippen molar-refractivity contribution in [1.29, 1.82) is 0 Å². The predicted molar refractivity (Wildman–Crippen MR) is 70.8 cm³/mol. The van der Waals surface area contributed by atoms with Gasteiger partial charge in [-0.15, -0.1) is 0 Å². The molecule has 2 nitrogen and oxygen atoms in total. The Morgan fingerprint density at radius 1 is 1.35 bits per heavy atom. The molecule has 0 radical (unpaired) electrons. The molecule has 17 heavy (non-hydrogen) atoms. The summed E-state index contributed by atoms with van der Waals surface area (Å²) in [5, 5.41) is 0. The van der Waals surface area contributed by atoms with Crippen LogP contribution in [0.15, 0.2) is 18.2 Å². The molecule has 1 aromatic carbocycles. The van der Waals surface area contributed by atoms with Crippen LogP contribution in [-0.2, 0) is 0 Å². The smallest absolute Gasteiger partial charge is 0.166 e. The second-order valence-corrected chi connectivity index (χ2v) is 4.86. The highest BCUT2D eigenvalue weighted by atomic mass is 16.5. The van der Waals surface area contributed by atoms with Crippen LogP contribution >= 0.6 is 0 Å². The lowest BCUT2D eigenvalue weighted by atomic mass is 9.99. The van der Waals surface area contributed by atoms with Gasteiger partial charge in [0.1, 0.15) is 5.75 Å². The summed E-state index contributed by atoms with van der Waals surface area (Å²) in [5.74, 6) is 1.57. The number of methoxy groups -OCH3 is 1. The summed E-state index contributed by atoms with van der Waals surface area (Å²) in [6.45, 7) is 6.32. The zero-order valence-corrected chi connectivity index (χ0v) is 11.2. The van der Waals surface area contributed by atoms with Crippen molar-refractivity contribution in [2.75, 3.05) is 7.11 Å². The lowest BCUT2D eigenvalue weighted by molar-refractivity contribution is 0.0975. The van der Waals surface area contributed by atoms with E-state index in [4.69, 9.17) is 4.74 Å². The molecule has 0 saturated heterocycles. The minimum Gasteiger partial charge on any atom is -0.496 e. The summed E-state index contributed by atoms with van der Waals surface area (Å²) in [4.78, 5) is 12.1. The number of hydrogen-bond acceptors (Lipinski definition) is 2.